The lowest BCUT2D eigenvalue weighted by atomic mass is 9.43. The zero-order chi connectivity index (χ0) is 22.6. The Bertz CT molecular complexity index is 899. The van der Waals surface area contributed by atoms with Crippen molar-refractivity contribution >= 4 is 37.9 Å². The van der Waals surface area contributed by atoms with Crippen LogP contribution in [-0.4, -0.2) is 36.6 Å². The van der Waals surface area contributed by atoms with Crippen LogP contribution < -0.4 is 9.84 Å². The van der Waals surface area contributed by atoms with Crippen LogP contribution in [-0.2, 0) is 25.0 Å². The normalized spacial score (nSPS) is 31.3. The number of hydrogen-bond acceptors (Lipinski definition) is 6. The van der Waals surface area contributed by atoms with Crippen LogP contribution >= 0.6 is 18.9 Å². The number of rotatable bonds is 6. The topological polar surface area (TPSA) is 83.1 Å². The first kappa shape index (κ1) is 23.0. The third-order valence-electron chi connectivity index (χ3n) is 7.67. The summed E-state index contributed by atoms with van der Waals surface area (Å²) in [6.45, 7) is 8.26. The Hall–Kier alpha value is -1.20. The van der Waals surface area contributed by atoms with Crippen LogP contribution in [0, 0.1) is 17.3 Å². The highest BCUT2D eigenvalue weighted by Gasteiger charge is 2.68. The van der Waals surface area contributed by atoms with Crippen LogP contribution in [0.25, 0.3) is 0 Å². The predicted octanol–water partition coefficient (Wildman–Crippen LogP) is 3.12. The Morgan fingerprint density at radius 2 is 2.03 bits per heavy atom. The minimum absolute atomic E-state index is 0.0152. The van der Waals surface area contributed by atoms with Gasteiger partial charge in [0.05, 0.1) is 36.6 Å². The van der Waals surface area contributed by atoms with E-state index in [1.54, 1.807) is 12.1 Å². The van der Waals surface area contributed by atoms with Crippen molar-refractivity contribution in [1.29, 1.82) is 0 Å². The highest BCUT2D eigenvalue weighted by atomic mass is 31.0. The van der Waals surface area contributed by atoms with Crippen molar-refractivity contribution in [1.82, 2.24) is 5.32 Å². The lowest BCUT2D eigenvalue weighted by Crippen LogP contribution is -2.65. The average molecular weight is 465 g/mol. The summed E-state index contributed by atoms with van der Waals surface area (Å²) in [5, 5.41) is 2.99. The number of para-hydroxylation sites is 1. The van der Waals surface area contributed by atoms with Gasteiger partial charge in [0.15, 0.2) is 0 Å². The van der Waals surface area contributed by atoms with Crippen molar-refractivity contribution in [2.45, 2.75) is 64.6 Å². The van der Waals surface area contributed by atoms with E-state index >= 15 is 0 Å². The maximum absolute atomic E-state index is 12.1. The maximum atomic E-state index is 12.1. The molecule has 31 heavy (non-hydrogen) atoms. The molecule has 2 unspecified atom stereocenters. The monoisotopic (exact) mass is 465 g/mol. The molecule has 2 bridgehead atoms. The fourth-order valence-electron chi connectivity index (χ4n) is 5.89. The molecule has 7 atom stereocenters. The summed E-state index contributed by atoms with van der Waals surface area (Å²) >= 11 is 0. The summed E-state index contributed by atoms with van der Waals surface area (Å²) in [5.41, 5.74) is 0.921. The van der Waals surface area contributed by atoms with E-state index in [1.165, 1.54) is 6.92 Å². The van der Waals surface area contributed by atoms with Crippen LogP contribution in [0.5, 0.6) is 5.75 Å². The Balaban J connectivity index is 1.60. The maximum Gasteiger partial charge on any atom is 0.482 e. The third-order valence-corrected chi connectivity index (χ3v) is 8.12. The Morgan fingerprint density at radius 1 is 1.29 bits per heavy atom. The SMILES string of the molecule is CC(=O)N[C@@H](Cc1cccc(C(=O)OP)c1OP)B1O[C@@H]2C[C@@H]3C[C@@H](C3(C)C)[C@]2(C)O1. The van der Waals surface area contributed by atoms with Gasteiger partial charge in [-0.1, -0.05) is 26.0 Å². The van der Waals surface area contributed by atoms with Gasteiger partial charge in [-0.3, -0.25) is 4.79 Å². The van der Waals surface area contributed by atoms with E-state index in [-0.39, 0.29) is 23.0 Å². The highest BCUT2D eigenvalue weighted by Crippen LogP contribution is 2.65. The predicted molar refractivity (Wildman–Crippen MR) is 123 cm³/mol. The molecule has 7 nitrogen and oxygen atoms in total. The van der Waals surface area contributed by atoms with Gasteiger partial charge >= 0.3 is 13.1 Å². The van der Waals surface area contributed by atoms with Crippen molar-refractivity contribution in [3.63, 3.8) is 0 Å². The highest BCUT2D eigenvalue weighted by molar-refractivity contribution is 7.11. The second-order valence-electron chi connectivity index (χ2n) is 9.67. The molecular formula is C21H30BNO6P2. The molecule has 3 saturated carbocycles. The zero-order valence-corrected chi connectivity index (χ0v) is 20.7. The van der Waals surface area contributed by atoms with Gasteiger partial charge in [-0.05, 0) is 55.1 Å². The van der Waals surface area contributed by atoms with Gasteiger partial charge in [0.25, 0.3) is 0 Å². The van der Waals surface area contributed by atoms with Gasteiger partial charge < -0.3 is 23.7 Å². The number of hydrogen-bond donors (Lipinski definition) is 1. The molecule has 168 valence electrons. The first-order chi connectivity index (χ1) is 14.6. The Morgan fingerprint density at radius 3 is 2.65 bits per heavy atom. The molecule has 1 N–H and O–H groups in total. The van der Waals surface area contributed by atoms with Crippen LogP contribution in [0.4, 0.5) is 0 Å². The second kappa shape index (κ2) is 8.30. The van der Waals surface area contributed by atoms with Gasteiger partial charge in [-0.25, -0.2) is 4.79 Å². The number of carbonyl (C=O) groups excluding carboxylic acids is 2. The molecule has 1 aliphatic heterocycles. The molecule has 4 fully saturated rings. The van der Waals surface area contributed by atoms with Gasteiger partial charge in [0, 0.05) is 6.92 Å². The summed E-state index contributed by atoms with van der Waals surface area (Å²) in [4.78, 5) is 24.1. The molecule has 10 heteroatoms. The van der Waals surface area contributed by atoms with Gasteiger partial charge in [0.1, 0.15) is 11.3 Å². The average Bonchev–Trinajstić information content (AvgIpc) is 3.09. The molecule has 0 spiro atoms. The lowest BCUT2D eigenvalue weighted by Gasteiger charge is -2.64. The first-order valence-corrected chi connectivity index (χ1v) is 11.6. The molecule has 5 rings (SSSR count). The number of benzene rings is 1. The van der Waals surface area contributed by atoms with Gasteiger partial charge in [-0.2, -0.15) is 0 Å². The quantitative estimate of drug-likeness (QED) is 0.514. The second-order valence-corrected chi connectivity index (χ2v) is 10.1. The van der Waals surface area contributed by atoms with Crippen LogP contribution in [0.1, 0.15) is 56.5 Å². The molecule has 1 saturated heterocycles. The minimum Gasteiger partial charge on any atom is -0.479 e. The molecule has 1 aromatic carbocycles. The van der Waals surface area contributed by atoms with Crippen molar-refractivity contribution < 1.29 is 27.9 Å². The number of nitrogens with one attached hydrogen (secondary N) is 1. The van der Waals surface area contributed by atoms with E-state index < -0.39 is 19.0 Å². The molecule has 0 radical (unpaired) electrons. The number of amides is 1. The molecule has 4 aliphatic rings. The van der Waals surface area contributed by atoms with E-state index in [0.717, 1.165) is 18.4 Å². The fourth-order valence-corrected chi connectivity index (χ4v) is 6.30. The lowest BCUT2D eigenvalue weighted by molar-refractivity contribution is -0.199. The van der Waals surface area contributed by atoms with Crippen molar-refractivity contribution in [2.75, 3.05) is 0 Å². The molecular weight excluding hydrogens is 435 g/mol. The summed E-state index contributed by atoms with van der Waals surface area (Å²) in [6, 6.07) is 5.26. The van der Waals surface area contributed by atoms with E-state index in [9.17, 15) is 9.59 Å². The first-order valence-electron chi connectivity index (χ1n) is 10.6. The van der Waals surface area contributed by atoms with E-state index in [1.807, 2.05) is 15.5 Å². The van der Waals surface area contributed by atoms with E-state index in [2.05, 4.69) is 35.6 Å². The van der Waals surface area contributed by atoms with Crippen molar-refractivity contribution in [2.24, 2.45) is 17.3 Å². The standard InChI is InChI=1S/C21H30BNO6P2/c1-11(24)23-17(8-12-6-5-7-14(18(12)27-30)19(25)28-31)22-26-16-10-13-9-15(20(13,2)3)21(16,4)29-22/h5-7,13,15-17H,8-10,30-31H2,1-4H3,(H,23,24)/t13-,15-,16+,17-,21-/m0/s1. The smallest absolute Gasteiger partial charge is 0.479 e. The van der Waals surface area contributed by atoms with Crippen molar-refractivity contribution in [3.8, 4) is 5.75 Å². The largest absolute Gasteiger partial charge is 0.482 e. The third kappa shape index (κ3) is 3.80. The number of carbonyl (C=O) groups is 2. The molecule has 0 aromatic heterocycles. The van der Waals surface area contributed by atoms with E-state index in [0.29, 0.717) is 29.6 Å². The zero-order valence-electron chi connectivity index (χ0n) is 18.3. The summed E-state index contributed by atoms with van der Waals surface area (Å²) in [7, 11) is 3.55. The summed E-state index contributed by atoms with van der Waals surface area (Å²) < 4.78 is 23.2. The molecule has 1 aromatic rings. The van der Waals surface area contributed by atoms with Crippen LogP contribution in [0.2, 0.25) is 0 Å². The Labute approximate surface area is 188 Å². The summed E-state index contributed by atoms with van der Waals surface area (Å²) in [5.74, 6) is 0.341. The van der Waals surface area contributed by atoms with Crippen molar-refractivity contribution in [3.05, 3.63) is 29.3 Å². The molecule has 1 heterocycles. The minimum atomic E-state index is -0.580. The molecule has 1 amide bonds. The Kier molecular flexibility index (Phi) is 6.15. The van der Waals surface area contributed by atoms with Gasteiger partial charge in [-0.15, -0.1) is 0 Å². The fraction of sp³-hybridized carbons (Fsp3) is 0.619. The van der Waals surface area contributed by atoms with Gasteiger partial charge in [0.2, 0.25) is 5.91 Å². The summed E-state index contributed by atoms with van der Waals surface area (Å²) in [6.07, 6.45) is 2.53. The molecule has 3 aliphatic carbocycles. The van der Waals surface area contributed by atoms with E-state index in [4.69, 9.17) is 18.4 Å². The van der Waals surface area contributed by atoms with Crippen LogP contribution in [0.3, 0.4) is 0 Å². The van der Waals surface area contributed by atoms with Crippen LogP contribution in [0.15, 0.2) is 18.2 Å².